The molecule has 0 bridgehead atoms. The Balaban J connectivity index is 0. The van der Waals surface area contributed by atoms with Gasteiger partial charge in [0.25, 0.3) is 0 Å². The second-order valence-electron chi connectivity index (χ2n) is 1.91. The van der Waals surface area contributed by atoms with Gasteiger partial charge in [-0.3, -0.25) is 9.59 Å². The van der Waals surface area contributed by atoms with Crippen molar-refractivity contribution < 1.29 is 31.8 Å². The Kier molecular flexibility index (Phi) is 6.72. The van der Waals surface area contributed by atoms with Crippen LogP contribution in [-0.2, 0) is 26.7 Å². The summed E-state index contributed by atoms with van der Waals surface area (Å²) in [6.07, 6.45) is 0.380. The number of carboxylic acid groups (broad SMARTS) is 1. The van der Waals surface area contributed by atoms with Crippen LogP contribution in [0.1, 0.15) is 20.3 Å². The van der Waals surface area contributed by atoms with E-state index in [1.165, 1.54) is 6.92 Å². The van der Waals surface area contributed by atoms with Gasteiger partial charge >= 0.3 is 5.97 Å². The average molecular weight is 186 g/mol. The fraction of sp³-hybridized carbons (Fsp3) is 0.667. The Morgan fingerprint density at radius 2 is 1.90 bits per heavy atom. The van der Waals surface area contributed by atoms with Gasteiger partial charge in [0.15, 0.2) is 0 Å². The SMILES string of the molecule is CCC(C(C)=O)C(=O)O.[Fe]. The fourth-order valence-electron chi connectivity index (χ4n) is 0.636. The van der Waals surface area contributed by atoms with E-state index >= 15 is 0 Å². The van der Waals surface area contributed by atoms with Crippen LogP contribution in [0.25, 0.3) is 0 Å². The standard InChI is InChI=1S/C6H10O3.Fe/c1-3-5(4(2)7)6(8)9;/h5H,3H2,1-2H3,(H,8,9);. The molecule has 3 nitrogen and oxygen atoms in total. The van der Waals surface area contributed by atoms with E-state index in [-0.39, 0.29) is 22.9 Å². The molecule has 1 N–H and O–H groups in total. The molecule has 1 atom stereocenters. The van der Waals surface area contributed by atoms with E-state index in [9.17, 15) is 9.59 Å². The molecular formula is C6H10FeO3. The topological polar surface area (TPSA) is 54.4 Å². The van der Waals surface area contributed by atoms with Crippen molar-refractivity contribution in [2.45, 2.75) is 20.3 Å². The minimum absolute atomic E-state index is 0. The molecule has 0 aromatic carbocycles. The van der Waals surface area contributed by atoms with Crippen molar-refractivity contribution in [1.82, 2.24) is 0 Å². The van der Waals surface area contributed by atoms with Crippen molar-refractivity contribution in [3.8, 4) is 0 Å². The molecule has 0 spiro atoms. The van der Waals surface area contributed by atoms with E-state index in [0.717, 1.165) is 0 Å². The molecular weight excluding hydrogens is 176 g/mol. The predicted octanol–water partition coefficient (Wildman–Crippen LogP) is 0.684. The first-order valence-corrected chi connectivity index (χ1v) is 2.82. The minimum Gasteiger partial charge on any atom is -0.481 e. The molecule has 0 saturated carbocycles. The van der Waals surface area contributed by atoms with Crippen molar-refractivity contribution in [2.75, 3.05) is 0 Å². The zero-order valence-electron chi connectivity index (χ0n) is 5.90. The molecule has 0 heterocycles. The Morgan fingerprint density at radius 3 is 1.90 bits per heavy atom. The third kappa shape index (κ3) is 3.64. The van der Waals surface area contributed by atoms with Gasteiger partial charge in [-0.2, -0.15) is 0 Å². The molecule has 0 aliphatic carbocycles. The summed E-state index contributed by atoms with van der Waals surface area (Å²) in [5, 5.41) is 8.32. The quantitative estimate of drug-likeness (QED) is 0.520. The van der Waals surface area contributed by atoms with E-state index in [1.807, 2.05) is 0 Å². The summed E-state index contributed by atoms with van der Waals surface area (Å²) < 4.78 is 0. The predicted molar refractivity (Wildman–Crippen MR) is 32.1 cm³/mol. The molecule has 0 radical (unpaired) electrons. The summed E-state index contributed by atoms with van der Waals surface area (Å²) in [5.41, 5.74) is 0. The van der Waals surface area contributed by atoms with Crippen molar-refractivity contribution >= 4 is 11.8 Å². The van der Waals surface area contributed by atoms with E-state index in [2.05, 4.69) is 0 Å². The van der Waals surface area contributed by atoms with Gasteiger partial charge in [0.05, 0.1) is 0 Å². The molecule has 4 heteroatoms. The zero-order chi connectivity index (χ0) is 7.44. The molecule has 0 aliphatic heterocycles. The Bertz CT molecular complexity index is 119. The molecule has 0 saturated heterocycles. The molecule has 10 heavy (non-hydrogen) atoms. The van der Waals surface area contributed by atoms with Crippen LogP contribution >= 0.6 is 0 Å². The summed E-state index contributed by atoms with van der Waals surface area (Å²) in [7, 11) is 0. The van der Waals surface area contributed by atoms with Gasteiger partial charge in [0.1, 0.15) is 11.7 Å². The summed E-state index contributed by atoms with van der Waals surface area (Å²) in [4.78, 5) is 20.6. The van der Waals surface area contributed by atoms with Crippen molar-refractivity contribution in [3.63, 3.8) is 0 Å². The van der Waals surface area contributed by atoms with Gasteiger partial charge in [-0.25, -0.2) is 0 Å². The van der Waals surface area contributed by atoms with Crippen LogP contribution in [0.5, 0.6) is 0 Å². The Morgan fingerprint density at radius 1 is 1.50 bits per heavy atom. The van der Waals surface area contributed by atoms with Crippen LogP contribution in [0.3, 0.4) is 0 Å². The molecule has 0 fully saturated rings. The summed E-state index contributed by atoms with van der Waals surface area (Å²) in [6.45, 7) is 2.97. The molecule has 0 amide bonds. The number of rotatable bonds is 3. The van der Waals surface area contributed by atoms with Crippen molar-refractivity contribution in [2.24, 2.45) is 5.92 Å². The molecule has 0 aromatic rings. The second-order valence-corrected chi connectivity index (χ2v) is 1.91. The molecule has 0 aliphatic rings. The van der Waals surface area contributed by atoms with Gasteiger partial charge in [-0.15, -0.1) is 0 Å². The van der Waals surface area contributed by atoms with Crippen LogP contribution in [0.15, 0.2) is 0 Å². The Labute approximate surface area is 70.3 Å². The molecule has 1 unspecified atom stereocenters. The largest absolute Gasteiger partial charge is 0.481 e. The number of carbonyl (C=O) groups is 2. The number of ketones is 1. The van der Waals surface area contributed by atoms with Crippen molar-refractivity contribution in [3.05, 3.63) is 0 Å². The van der Waals surface area contributed by atoms with E-state index in [1.54, 1.807) is 6.92 Å². The number of hydrogen-bond donors (Lipinski definition) is 1. The average Bonchev–Trinajstić information content (AvgIpc) is 1.64. The first kappa shape index (κ1) is 12.3. The summed E-state index contributed by atoms with van der Waals surface area (Å²) in [5.74, 6) is -2.10. The Hall–Kier alpha value is -0.341. The summed E-state index contributed by atoms with van der Waals surface area (Å²) >= 11 is 0. The maximum Gasteiger partial charge on any atom is 0.314 e. The maximum atomic E-state index is 10.4. The van der Waals surface area contributed by atoms with E-state index in [0.29, 0.717) is 6.42 Å². The van der Waals surface area contributed by atoms with E-state index < -0.39 is 11.9 Å². The smallest absolute Gasteiger partial charge is 0.314 e. The second kappa shape index (κ2) is 5.44. The third-order valence-electron chi connectivity index (χ3n) is 1.20. The number of aliphatic carboxylic acids is 1. The van der Waals surface area contributed by atoms with Crippen molar-refractivity contribution in [1.29, 1.82) is 0 Å². The number of carbonyl (C=O) groups excluding carboxylic acids is 1. The first-order valence-electron chi connectivity index (χ1n) is 2.82. The van der Waals surface area contributed by atoms with Crippen LogP contribution < -0.4 is 0 Å². The van der Waals surface area contributed by atoms with Crippen LogP contribution in [0.4, 0.5) is 0 Å². The van der Waals surface area contributed by atoms with Crippen LogP contribution in [-0.4, -0.2) is 16.9 Å². The van der Waals surface area contributed by atoms with Gasteiger partial charge in [-0.05, 0) is 13.3 Å². The van der Waals surface area contributed by atoms with Gasteiger partial charge < -0.3 is 5.11 Å². The van der Waals surface area contributed by atoms with Crippen LogP contribution in [0.2, 0.25) is 0 Å². The number of Topliss-reactive ketones (excluding diaryl/α,β-unsaturated/α-hetero) is 1. The minimum atomic E-state index is -1.02. The molecule has 0 aromatic heterocycles. The molecule has 60 valence electrons. The molecule has 0 rings (SSSR count). The number of carboxylic acids is 1. The summed E-state index contributed by atoms with van der Waals surface area (Å²) in [6, 6.07) is 0. The first-order chi connectivity index (χ1) is 4.09. The fourth-order valence-corrected chi connectivity index (χ4v) is 0.636. The van der Waals surface area contributed by atoms with Crippen LogP contribution in [0, 0.1) is 5.92 Å². The van der Waals surface area contributed by atoms with Gasteiger partial charge in [0.2, 0.25) is 0 Å². The third-order valence-corrected chi connectivity index (χ3v) is 1.20. The number of hydrogen-bond acceptors (Lipinski definition) is 2. The normalized spacial score (nSPS) is 11.4. The van der Waals surface area contributed by atoms with Gasteiger partial charge in [-0.1, -0.05) is 6.92 Å². The monoisotopic (exact) mass is 186 g/mol. The zero-order valence-corrected chi connectivity index (χ0v) is 7.01. The maximum absolute atomic E-state index is 10.4. The van der Waals surface area contributed by atoms with E-state index in [4.69, 9.17) is 5.11 Å². The van der Waals surface area contributed by atoms with Gasteiger partial charge in [0, 0.05) is 17.1 Å².